The van der Waals surface area contributed by atoms with E-state index in [9.17, 15) is 13.2 Å². The minimum absolute atomic E-state index is 0.0325. The minimum Gasteiger partial charge on any atom is -0.496 e. The minimum atomic E-state index is -4.20. The van der Waals surface area contributed by atoms with E-state index < -0.39 is 10.0 Å². The summed E-state index contributed by atoms with van der Waals surface area (Å²) in [4.78, 5) is 12.9. The predicted octanol–water partition coefficient (Wildman–Crippen LogP) is 4.70. The summed E-state index contributed by atoms with van der Waals surface area (Å²) in [5.41, 5.74) is 14.8. The van der Waals surface area contributed by atoms with E-state index in [1.807, 2.05) is 79.7 Å². The summed E-state index contributed by atoms with van der Waals surface area (Å²) < 4.78 is 37.4. The van der Waals surface area contributed by atoms with Crippen LogP contribution in [0.25, 0.3) is 0 Å². The van der Waals surface area contributed by atoms with Crippen LogP contribution in [0.15, 0.2) is 105 Å². The Bertz CT molecular complexity index is 1870. The number of nitrogens with two attached hydrogens (primary N) is 1. The Morgan fingerprint density at radius 1 is 0.913 bits per heavy atom. The van der Waals surface area contributed by atoms with Gasteiger partial charge in [0.05, 0.1) is 12.0 Å². The number of benzene rings is 4. The van der Waals surface area contributed by atoms with Crippen molar-refractivity contribution in [2.24, 2.45) is 21.2 Å². The fourth-order valence-electron chi connectivity index (χ4n) is 5.64. The largest absolute Gasteiger partial charge is 0.496 e. The van der Waals surface area contributed by atoms with Crippen LogP contribution >= 0.6 is 0 Å². The van der Waals surface area contributed by atoms with Crippen molar-refractivity contribution in [3.63, 3.8) is 0 Å². The summed E-state index contributed by atoms with van der Waals surface area (Å²) in [6.45, 7) is 4.22. The second-order valence-electron chi connectivity index (χ2n) is 11.6. The van der Waals surface area contributed by atoms with Crippen LogP contribution in [-0.2, 0) is 27.7 Å². The Balaban J connectivity index is 1.61. The van der Waals surface area contributed by atoms with Gasteiger partial charge in [-0.2, -0.15) is 13.5 Å². The number of methoxy groups -OCH3 is 1. The summed E-state index contributed by atoms with van der Waals surface area (Å²) in [7, 11) is -2.64. The maximum Gasteiger partial charge on any atom is 0.284 e. The Hall–Kier alpha value is -4.96. The second kappa shape index (κ2) is 14.4. The molecule has 238 valence electrons. The monoisotopic (exact) mass is 637 g/mol. The summed E-state index contributed by atoms with van der Waals surface area (Å²) in [6, 6.07) is 28.6. The van der Waals surface area contributed by atoms with E-state index in [4.69, 9.17) is 10.5 Å². The molecule has 4 aromatic rings. The van der Waals surface area contributed by atoms with Gasteiger partial charge in [0.25, 0.3) is 10.0 Å². The predicted molar refractivity (Wildman–Crippen MR) is 182 cm³/mol. The SMILES string of the molecule is COc1cc2c(cc1C)S(=O)(=O)/N=C(\N)c1cccc(c1)CC(C)/C=N/NCC(=O)NCC(c1ccccc1)c1cccc(c1)C2. The molecule has 46 heavy (non-hydrogen) atoms. The molecule has 4 aromatic carbocycles. The highest BCUT2D eigenvalue weighted by molar-refractivity contribution is 7.90. The van der Waals surface area contributed by atoms with Gasteiger partial charge in [0.1, 0.15) is 18.1 Å². The van der Waals surface area contributed by atoms with Gasteiger partial charge in [0.15, 0.2) is 0 Å². The Labute approximate surface area is 270 Å². The van der Waals surface area contributed by atoms with Gasteiger partial charge >= 0.3 is 0 Å². The maximum absolute atomic E-state index is 13.9. The zero-order valence-corrected chi connectivity index (χ0v) is 27.1. The number of ether oxygens (including phenoxy) is 1. The zero-order valence-electron chi connectivity index (χ0n) is 26.2. The highest BCUT2D eigenvalue weighted by atomic mass is 32.2. The smallest absolute Gasteiger partial charge is 0.284 e. The van der Waals surface area contributed by atoms with Gasteiger partial charge in [0, 0.05) is 24.2 Å². The van der Waals surface area contributed by atoms with Crippen molar-refractivity contribution in [1.82, 2.24) is 10.7 Å². The second-order valence-corrected chi connectivity index (χ2v) is 13.1. The van der Waals surface area contributed by atoms with Crippen LogP contribution in [0.1, 0.15) is 51.8 Å². The number of aryl methyl sites for hydroxylation is 1. The fourth-order valence-corrected chi connectivity index (χ4v) is 6.90. The van der Waals surface area contributed by atoms with Crippen molar-refractivity contribution in [3.8, 4) is 5.75 Å². The molecule has 2 unspecified atom stereocenters. The van der Waals surface area contributed by atoms with E-state index in [1.165, 1.54) is 0 Å². The normalized spacial score (nSPS) is 20.7. The van der Waals surface area contributed by atoms with Crippen LogP contribution in [0.4, 0.5) is 0 Å². The number of amides is 1. The standard InChI is InChI=1S/C36H39N5O4S/c1-24-15-26-9-8-14-30(18-26)36(37)41-46(43,44)34-16-25(2)33(45-3)20-31(34)19-27-10-7-13-29(17-27)32(28-11-5-4-6-12-28)22-38-35(42)23-40-39-21-24/h4-14,16-18,20-21,24,32,40H,15,19,22-23H2,1-3H3,(H2,37,41)(H,38,42)/b39-21+. The number of sulfonamides is 1. The van der Waals surface area contributed by atoms with Crippen LogP contribution in [0.3, 0.4) is 0 Å². The van der Waals surface area contributed by atoms with E-state index >= 15 is 0 Å². The lowest BCUT2D eigenvalue weighted by Crippen LogP contribution is -2.35. The van der Waals surface area contributed by atoms with Crippen molar-refractivity contribution in [2.45, 2.75) is 37.5 Å². The van der Waals surface area contributed by atoms with Gasteiger partial charge in [-0.1, -0.05) is 79.7 Å². The molecule has 1 aliphatic heterocycles. The molecule has 0 aromatic heterocycles. The molecule has 10 heteroatoms. The summed E-state index contributed by atoms with van der Waals surface area (Å²) in [6.07, 6.45) is 2.68. The zero-order chi connectivity index (χ0) is 32.7. The summed E-state index contributed by atoms with van der Waals surface area (Å²) in [5.74, 6) is 0.205. The molecule has 2 atom stereocenters. The molecular weight excluding hydrogens is 598 g/mol. The third kappa shape index (κ3) is 8.00. The first-order valence-corrected chi connectivity index (χ1v) is 16.6. The Morgan fingerprint density at radius 3 is 2.43 bits per heavy atom. The number of hydrogen-bond donors (Lipinski definition) is 3. The van der Waals surface area contributed by atoms with Crippen LogP contribution < -0.4 is 21.2 Å². The van der Waals surface area contributed by atoms with Crippen LogP contribution in [-0.4, -0.2) is 46.6 Å². The van der Waals surface area contributed by atoms with Crippen molar-refractivity contribution in [1.29, 1.82) is 0 Å². The Kier molecular flexibility index (Phi) is 10.2. The number of hydrogen-bond acceptors (Lipinski definition) is 7. The molecule has 1 aliphatic rings. The number of nitrogens with one attached hydrogen (secondary N) is 2. The maximum atomic E-state index is 13.9. The first kappa shape index (κ1) is 32.4. The third-order valence-electron chi connectivity index (χ3n) is 7.97. The molecule has 0 saturated carbocycles. The molecule has 0 spiro atoms. The molecule has 0 saturated heterocycles. The fraction of sp³-hybridized carbons (Fsp3) is 0.250. The first-order chi connectivity index (χ1) is 22.1. The molecule has 4 N–H and O–H groups in total. The van der Waals surface area contributed by atoms with Crippen molar-refractivity contribution < 1.29 is 17.9 Å². The van der Waals surface area contributed by atoms with Crippen LogP contribution in [0.5, 0.6) is 5.75 Å². The highest BCUT2D eigenvalue weighted by Gasteiger charge is 2.23. The summed E-state index contributed by atoms with van der Waals surface area (Å²) in [5, 5.41) is 7.30. The lowest BCUT2D eigenvalue weighted by molar-refractivity contribution is -0.120. The number of hydrazone groups is 1. The van der Waals surface area contributed by atoms with Gasteiger partial charge in [0.2, 0.25) is 5.91 Å². The van der Waals surface area contributed by atoms with Crippen molar-refractivity contribution in [2.75, 3.05) is 20.2 Å². The van der Waals surface area contributed by atoms with Crippen LogP contribution in [0.2, 0.25) is 0 Å². The van der Waals surface area contributed by atoms with E-state index in [1.54, 1.807) is 38.4 Å². The molecular formula is C36H39N5O4S. The average molecular weight is 638 g/mol. The van der Waals surface area contributed by atoms with Gasteiger partial charge in [-0.25, -0.2) is 0 Å². The van der Waals surface area contributed by atoms with E-state index in [0.717, 1.165) is 22.3 Å². The molecule has 1 amide bonds. The third-order valence-corrected chi connectivity index (χ3v) is 9.34. The number of amidine groups is 1. The molecule has 4 bridgehead atoms. The van der Waals surface area contributed by atoms with E-state index in [-0.39, 0.29) is 35.0 Å². The molecule has 1 heterocycles. The number of carbonyl (C=O) groups excluding carboxylic acids is 1. The van der Waals surface area contributed by atoms with Gasteiger partial charge in [-0.05, 0) is 77.3 Å². The number of fused-ring (bicyclic) bond motifs is 5. The molecule has 9 nitrogen and oxygen atoms in total. The molecule has 0 fully saturated rings. The van der Waals surface area contributed by atoms with Gasteiger partial charge in [-0.15, -0.1) is 4.40 Å². The van der Waals surface area contributed by atoms with Crippen molar-refractivity contribution in [3.05, 3.63) is 130 Å². The van der Waals surface area contributed by atoms with Crippen molar-refractivity contribution >= 4 is 28.0 Å². The number of carbonyl (C=O) groups is 1. The summed E-state index contributed by atoms with van der Waals surface area (Å²) >= 11 is 0. The molecule has 0 radical (unpaired) electrons. The Morgan fingerprint density at radius 2 is 1.65 bits per heavy atom. The quantitative estimate of drug-likeness (QED) is 0.292. The van der Waals surface area contributed by atoms with Gasteiger partial charge in [-0.3, -0.25) is 4.79 Å². The van der Waals surface area contributed by atoms with Gasteiger partial charge < -0.3 is 21.2 Å². The topological polar surface area (TPSA) is 135 Å². The number of rotatable bonds is 2. The molecule has 5 rings (SSSR count). The first-order valence-electron chi connectivity index (χ1n) is 15.2. The van der Waals surface area contributed by atoms with Crippen LogP contribution in [0, 0.1) is 12.8 Å². The molecule has 0 aliphatic carbocycles. The average Bonchev–Trinajstić information content (AvgIpc) is 3.04. The number of nitrogens with zero attached hydrogens (tertiary/aromatic N) is 2. The van der Waals surface area contributed by atoms with E-state index in [2.05, 4.69) is 20.2 Å². The lowest BCUT2D eigenvalue weighted by atomic mass is 9.89. The van der Waals surface area contributed by atoms with E-state index in [0.29, 0.717) is 41.8 Å². The lowest BCUT2D eigenvalue weighted by Gasteiger charge is -2.20. The highest BCUT2D eigenvalue weighted by Crippen LogP contribution is 2.31.